The molecule has 2 aromatic heterocycles. The molecule has 0 radical (unpaired) electrons. The van der Waals surface area contributed by atoms with Gasteiger partial charge in [0.25, 0.3) is 5.56 Å². The third-order valence-corrected chi connectivity index (χ3v) is 4.26. The van der Waals surface area contributed by atoms with Crippen LogP contribution in [0.1, 0.15) is 26.7 Å². The largest absolute Gasteiger partial charge is 0.332 e. The highest BCUT2D eigenvalue weighted by Gasteiger charge is 2.18. The number of nitrogens with zero attached hydrogens (tertiary/aromatic N) is 4. The molecule has 2 aromatic rings. The number of fused-ring (bicyclic) bond motifs is 1. The molecule has 0 aliphatic rings. The lowest BCUT2D eigenvalue weighted by Crippen LogP contribution is -2.39. The Hall–Kier alpha value is -1.89. The fraction of sp³-hybridized carbons (Fsp3) is 0.438. The average Bonchev–Trinajstić information content (AvgIpc) is 2.83. The van der Waals surface area contributed by atoms with Gasteiger partial charge in [0.1, 0.15) is 0 Å². The van der Waals surface area contributed by atoms with Gasteiger partial charge in [0.15, 0.2) is 15.9 Å². The Morgan fingerprint density at radius 1 is 1.30 bits per heavy atom. The van der Waals surface area contributed by atoms with E-state index in [2.05, 4.69) is 27.5 Å². The molecule has 7 heteroatoms. The molecule has 0 saturated heterocycles. The van der Waals surface area contributed by atoms with E-state index in [1.165, 1.54) is 9.13 Å². The maximum absolute atomic E-state index is 12.8. The number of hydrogen-bond acceptors (Lipinski definition) is 3. The molecule has 124 valence electrons. The minimum atomic E-state index is -0.342. The Balaban J connectivity index is 2.69. The van der Waals surface area contributed by atoms with Crippen LogP contribution in [-0.4, -0.2) is 18.7 Å². The van der Waals surface area contributed by atoms with Crippen molar-refractivity contribution in [3.05, 3.63) is 49.9 Å². The molecule has 0 bridgehead atoms. The second kappa shape index (κ2) is 7.12. The van der Waals surface area contributed by atoms with Gasteiger partial charge in [-0.2, -0.15) is 0 Å². The molecule has 2 heterocycles. The maximum atomic E-state index is 12.8. The van der Waals surface area contributed by atoms with Crippen molar-refractivity contribution in [2.45, 2.75) is 39.8 Å². The summed E-state index contributed by atoms with van der Waals surface area (Å²) >= 11 is 3.39. The smallest absolute Gasteiger partial charge is 0.309 e. The van der Waals surface area contributed by atoms with Crippen molar-refractivity contribution in [2.24, 2.45) is 7.05 Å². The zero-order valence-corrected chi connectivity index (χ0v) is 15.3. The fourth-order valence-corrected chi connectivity index (χ4v) is 2.87. The number of allylic oxidation sites excluding steroid dienone is 3. The number of imidazole rings is 1. The second-order valence-corrected chi connectivity index (χ2v) is 6.38. The maximum Gasteiger partial charge on any atom is 0.332 e. The van der Waals surface area contributed by atoms with Crippen molar-refractivity contribution in [3.8, 4) is 0 Å². The van der Waals surface area contributed by atoms with Gasteiger partial charge in [0.05, 0.1) is 0 Å². The lowest BCUT2D eigenvalue weighted by atomic mass is 10.3. The van der Waals surface area contributed by atoms with E-state index in [-0.39, 0.29) is 11.2 Å². The first-order chi connectivity index (χ1) is 10.9. The van der Waals surface area contributed by atoms with Gasteiger partial charge in [0, 0.05) is 20.1 Å². The van der Waals surface area contributed by atoms with Gasteiger partial charge in [0.2, 0.25) is 0 Å². The molecule has 0 N–H and O–H groups in total. The summed E-state index contributed by atoms with van der Waals surface area (Å²) in [4.78, 5) is 29.5. The van der Waals surface area contributed by atoms with E-state index in [0.717, 1.165) is 12.0 Å². The van der Waals surface area contributed by atoms with Crippen LogP contribution < -0.4 is 11.2 Å². The molecule has 0 amide bonds. The Bertz CT molecular complexity index is 882. The van der Waals surface area contributed by atoms with E-state index in [0.29, 0.717) is 35.4 Å². The van der Waals surface area contributed by atoms with Crippen LogP contribution in [0.3, 0.4) is 0 Å². The van der Waals surface area contributed by atoms with Crippen LogP contribution in [0.15, 0.2) is 38.6 Å². The molecule has 0 spiro atoms. The van der Waals surface area contributed by atoms with E-state index in [1.54, 1.807) is 17.7 Å². The topological polar surface area (TPSA) is 61.8 Å². The summed E-state index contributed by atoms with van der Waals surface area (Å²) < 4.78 is 5.03. The molecular weight excluding hydrogens is 360 g/mol. The zero-order valence-electron chi connectivity index (χ0n) is 13.7. The van der Waals surface area contributed by atoms with Crippen molar-refractivity contribution in [1.82, 2.24) is 18.7 Å². The quantitative estimate of drug-likeness (QED) is 0.439. The van der Waals surface area contributed by atoms with Gasteiger partial charge in [-0.25, -0.2) is 9.78 Å². The van der Waals surface area contributed by atoms with E-state index >= 15 is 0 Å². The lowest BCUT2D eigenvalue weighted by molar-refractivity contribution is 0.575. The summed E-state index contributed by atoms with van der Waals surface area (Å²) in [7, 11) is 1.64. The predicted octanol–water partition coefficient (Wildman–Crippen LogP) is 2.59. The average molecular weight is 381 g/mol. The first kappa shape index (κ1) is 17.5. The Labute approximate surface area is 142 Å². The molecule has 23 heavy (non-hydrogen) atoms. The van der Waals surface area contributed by atoms with Crippen LogP contribution in [0.25, 0.3) is 11.2 Å². The highest BCUT2D eigenvalue weighted by atomic mass is 79.9. The molecule has 0 aromatic carbocycles. The number of hydrogen-bond donors (Lipinski definition) is 0. The van der Waals surface area contributed by atoms with E-state index in [4.69, 9.17) is 0 Å². The predicted molar refractivity (Wildman–Crippen MR) is 95.8 cm³/mol. The second-order valence-electron chi connectivity index (χ2n) is 5.67. The molecule has 0 atom stereocenters. The molecular formula is C16H21BrN4O2. The van der Waals surface area contributed by atoms with Gasteiger partial charge in [-0.3, -0.25) is 13.9 Å². The molecule has 0 fully saturated rings. The van der Waals surface area contributed by atoms with Gasteiger partial charge in [-0.05, 0) is 42.6 Å². The van der Waals surface area contributed by atoms with Gasteiger partial charge in [-0.15, -0.1) is 6.58 Å². The third kappa shape index (κ3) is 3.39. The van der Waals surface area contributed by atoms with Crippen molar-refractivity contribution < 1.29 is 0 Å². The number of aryl methyl sites for hydroxylation is 1. The first-order valence-electron chi connectivity index (χ1n) is 7.48. The van der Waals surface area contributed by atoms with Crippen LogP contribution >= 0.6 is 15.9 Å². The Morgan fingerprint density at radius 3 is 2.61 bits per heavy atom. The highest BCUT2D eigenvalue weighted by molar-refractivity contribution is 9.10. The van der Waals surface area contributed by atoms with Crippen LogP contribution in [0.2, 0.25) is 0 Å². The van der Waals surface area contributed by atoms with E-state index in [1.807, 2.05) is 19.9 Å². The standard InChI is InChI=1S/C16H21BrN4O2/c1-5-6-7-9-21-14(22)12-13(19(4)16(21)23)18-15(17)20(12)10-8-11(2)3/h5,8H,1,6-7,9-10H2,2-4H3. The van der Waals surface area contributed by atoms with Crippen molar-refractivity contribution >= 4 is 27.1 Å². The molecule has 0 saturated carbocycles. The number of unbranched alkanes of at least 4 members (excludes halogenated alkanes) is 1. The minimum absolute atomic E-state index is 0.299. The van der Waals surface area contributed by atoms with E-state index < -0.39 is 0 Å². The normalized spacial score (nSPS) is 11.0. The molecule has 0 aliphatic carbocycles. The number of rotatable bonds is 6. The number of aromatic nitrogens is 4. The van der Waals surface area contributed by atoms with Gasteiger partial charge < -0.3 is 4.57 Å². The summed E-state index contributed by atoms with van der Waals surface area (Å²) in [6.45, 7) is 8.56. The van der Waals surface area contributed by atoms with Crippen LogP contribution in [0.5, 0.6) is 0 Å². The first-order valence-corrected chi connectivity index (χ1v) is 8.27. The molecule has 0 unspecified atom stereocenters. The Kier molecular flexibility index (Phi) is 5.41. The van der Waals surface area contributed by atoms with Gasteiger partial charge in [-0.1, -0.05) is 17.7 Å². The summed E-state index contributed by atoms with van der Waals surface area (Å²) in [6, 6.07) is 0. The van der Waals surface area contributed by atoms with Crippen LogP contribution in [0.4, 0.5) is 0 Å². The minimum Gasteiger partial charge on any atom is -0.309 e. The van der Waals surface area contributed by atoms with Crippen LogP contribution in [-0.2, 0) is 20.1 Å². The SMILES string of the molecule is C=CCCCn1c(=O)c2c(nc(Br)n2CC=C(C)C)n(C)c1=O. The number of halogens is 1. The molecule has 2 rings (SSSR count). The van der Waals surface area contributed by atoms with Gasteiger partial charge >= 0.3 is 5.69 Å². The molecule has 6 nitrogen and oxygen atoms in total. The Morgan fingerprint density at radius 2 is 2.00 bits per heavy atom. The fourth-order valence-electron chi connectivity index (χ4n) is 2.38. The third-order valence-electron chi connectivity index (χ3n) is 3.66. The van der Waals surface area contributed by atoms with Crippen molar-refractivity contribution in [3.63, 3.8) is 0 Å². The van der Waals surface area contributed by atoms with Crippen LogP contribution in [0, 0.1) is 0 Å². The van der Waals surface area contributed by atoms with E-state index in [9.17, 15) is 9.59 Å². The zero-order chi connectivity index (χ0) is 17.1. The summed E-state index contributed by atoms with van der Waals surface area (Å²) in [5.41, 5.74) is 1.34. The monoisotopic (exact) mass is 380 g/mol. The summed E-state index contributed by atoms with van der Waals surface area (Å²) in [6.07, 6.45) is 5.25. The van der Waals surface area contributed by atoms with Crippen molar-refractivity contribution in [2.75, 3.05) is 0 Å². The summed E-state index contributed by atoms with van der Waals surface area (Å²) in [5.74, 6) is 0. The molecule has 0 aliphatic heterocycles. The van der Waals surface area contributed by atoms with Crippen molar-refractivity contribution in [1.29, 1.82) is 0 Å². The summed E-state index contributed by atoms with van der Waals surface area (Å²) in [5, 5.41) is 0. The highest BCUT2D eigenvalue weighted by Crippen LogP contribution is 2.16. The lowest BCUT2D eigenvalue weighted by Gasteiger charge is -2.09.